The highest BCUT2D eigenvalue weighted by Gasteiger charge is 2.23. The summed E-state index contributed by atoms with van der Waals surface area (Å²) in [6.45, 7) is 2.25. The van der Waals surface area contributed by atoms with Gasteiger partial charge in [-0.1, -0.05) is 24.9 Å². The lowest BCUT2D eigenvalue weighted by Crippen LogP contribution is -2.28. The predicted octanol–water partition coefficient (Wildman–Crippen LogP) is 3.88. The van der Waals surface area contributed by atoms with Gasteiger partial charge in [0.1, 0.15) is 11.9 Å². The van der Waals surface area contributed by atoms with Gasteiger partial charge in [0.25, 0.3) is 0 Å². The Morgan fingerprint density at radius 2 is 2.06 bits per heavy atom. The molecule has 2 rings (SSSR count). The maximum absolute atomic E-state index is 5.97. The first-order valence-electron chi connectivity index (χ1n) is 5.88. The van der Waals surface area contributed by atoms with Crippen molar-refractivity contribution in [2.45, 2.75) is 38.7 Å². The van der Waals surface area contributed by atoms with Gasteiger partial charge in [0.15, 0.2) is 0 Å². The summed E-state index contributed by atoms with van der Waals surface area (Å²) in [4.78, 5) is 0. The van der Waals surface area contributed by atoms with Crippen LogP contribution in [0.5, 0.6) is 5.75 Å². The van der Waals surface area contributed by atoms with Crippen LogP contribution in [-0.2, 0) is 0 Å². The molecule has 0 aromatic heterocycles. The fourth-order valence-corrected chi connectivity index (χ4v) is 2.43. The molecular weight excluding hydrogens is 222 g/mol. The average molecular weight is 240 g/mol. The van der Waals surface area contributed by atoms with Gasteiger partial charge in [-0.2, -0.15) is 0 Å². The summed E-state index contributed by atoms with van der Waals surface area (Å²) in [5.41, 5.74) is 6.50. The Morgan fingerprint density at radius 3 is 2.75 bits per heavy atom. The van der Waals surface area contributed by atoms with Crippen molar-refractivity contribution in [3.63, 3.8) is 0 Å². The molecule has 2 nitrogen and oxygen atoms in total. The third-order valence-electron chi connectivity index (χ3n) is 3.28. The maximum atomic E-state index is 5.97. The summed E-state index contributed by atoms with van der Waals surface area (Å²) < 4.78 is 5.97. The molecule has 2 unspecified atom stereocenters. The second-order valence-corrected chi connectivity index (χ2v) is 5.04. The molecule has 0 saturated heterocycles. The Kier molecular flexibility index (Phi) is 3.59. The first-order chi connectivity index (χ1) is 7.66. The number of rotatable bonds is 2. The lowest BCUT2D eigenvalue weighted by atomic mass is 9.88. The molecule has 1 saturated carbocycles. The Balaban J connectivity index is 2.07. The highest BCUT2D eigenvalue weighted by Crippen LogP contribution is 2.31. The summed E-state index contributed by atoms with van der Waals surface area (Å²) in [6.07, 6.45) is 5.25. The van der Waals surface area contributed by atoms with Crippen LogP contribution in [0.3, 0.4) is 0 Å². The van der Waals surface area contributed by atoms with E-state index in [0.717, 1.165) is 12.2 Å². The van der Waals surface area contributed by atoms with E-state index in [1.54, 1.807) is 6.07 Å². The van der Waals surface area contributed by atoms with Gasteiger partial charge in [-0.05, 0) is 43.4 Å². The molecule has 1 aromatic rings. The summed E-state index contributed by atoms with van der Waals surface area (Å²) in [5, 5.41) is 0.654. The van der Waals surface area contributed by atoms with Crippen molar-refractivity contribution in [1.82, 2.24) is 0 Å². The van der Waals surface area contributed by atoms with Crippen molar-refractivity contribution >= 4 is 17.3 Å². The zero-order chi connectivity index (χ0) is 11.5. The lowest BCUT2D eigenvalue weighted by Gasteiger charge is -2.29. The van der Waals surface area contributed by atoms with E-state index in [0.29, 0.717) is 22.7 Å². The van der Waals surface area contributed by atoms with Gasteiger partial charge in [-0.3, -0.25) is 0 Å². The zero-order valence-electron chi connectivity index (χ0n) is 9.58. The number of hydrogen-bond donors (Lipinski definition) is 1. The second-order valence-electron chi connectivity index (χ2n) is 4.60. The molecular formula is C13H18ClNO. The minimum atomic E-state index is 0.303. The molecule has 1 aliphatic carbocycles. The van der Waals surface area contributed by atoms with Crippen LogP contribution in [-0.4, -0.2) is 6.10 Å². The third-order valence-corrected chi connectivity index (χ3v) is 3.52. The van der Waals surface area contributed by atoms with Gasteiger partial charge in [-0.25, -0.2) is 0 Å². The molecule has 3 heteroatoms. The van der Waals surface area contributed by atoms with Crippen LogP contribution in [0, 0.1) is 5.92 Å². The molecule has 0 bridgehead atoms. The van der Waals surface area contributed by atoms with Gasteiger partial charge in [-0.15, -0.1) is 0 Å². The van der Waals surface area contributed by atoms with E-state index >= 15 is 0 Å². The quantitative estimate of drug-likeness (QED) is 0.795. The van der Waals surface area contributed by atoms with Gasteiger partial charge in [0, 0.05) is 5.02 Å². The number of ether oxygens (including phenoxy) is 1. The maximum Gasteiger partial charge on any atom is 0.142 e. The molecule has 0 spiro atoms. The molecule has 0 aliphatic heterocycles. The summed E-state index contributed by atoms with van der Waals surface area (Å²) in [7, 11) is 0. The van der Waals surface area contributed by atoms with Crippen LogP contribution in [0.2, 0.25) is 5.02 Å². The van der Waals surface area contributed by atoms with Crippen LogP contribution < -0.4 is 10.5 Å². The summed E-state index contributed by atoms with van der Waals surface area (Å²) in [6, 6.07) is 5.42. The number of nitrogen functional groups attached to an aromatic ring is 1. The van der Waals surface area contributed by atoms with Gasteiger partial charge in [0.05, 0.1) is 5.69 Å². The fourth-order valence-electron chi connectivity index (χ4n) is 2.25. The van der Waals surface area contributed by atoms with Crippen molar-refractivity contribution < 1.29 is 4.74 Å². The number of benzene rings is 1. The SMILES string of the molecule is CC1CCCCC1Oc1ccc(Cl)cc1N. The lowest BCUT2D eigenvalue weighted by molar-refractivity contribution is 0.103. The zero-order valence-corrected chi connectivity index (χ0v) is 10.3. The van der Waals surface area contributed by atoms with Crippen LogP contribution in [0.25, 0.3) is 0 Å². The van der Waals surface area contributed by atoms with Crippen molar-refractivity contribution in [2.24, 2.45) is 5.92 Å². The van der Waals surface area contributed by atoms with E-state index in [9.17, 15) is 0 Å². The molecule has 2 atom stereocenters. The normalized spacial score (nSPS) is 25.4. The summed E-state index contributed by atoms with van der Waals surface area (Å²) in [5.74, 6) is 1.38. The smallest absolute Gasteiger partial charge is 0.142 e. The monoisotopic (exact) mass is 239 g/mol. The van der Waals surface area contributed by atoms with Gasteiger partial charge in [0.2, 0.25) is 0 Å². The van der Waals surface area contributed by atoms with Crippen LogP contribution in [0.15, 0.2) is 18.2 Å². The predicted molar refractivity (Wildman–Crippen MR) is 67.9 cm³/mol. The Hall–Kier alpha value is -0.890. The topological polar surface area (TPSA) is 35.2 Å². The van der Waals surface area contributed by atoms with E-state index in [1.165, 1.54) is 19.3 Å². The molecule has 1 aromatic carbocycles. The first kappa shape index (κ1) is 11.6. The van der Waals surface area contributed by atoms with Gasteiger partial charge >= 0.3 is 0 Å². The average Bonchev–Trinajstić information content (AvgIpc) is 2.25. The van der Waals surface area contributed by atoms with E-state index < -0.39 is 0 Å². The number of nitrogens with two attached hydrogens (primary N) is 1. The standard InChI is InChI=1S/C13H18ClNO/c1-9-4-2-3-5-12(9)16-13-7-6-10(14)8-11(13)15/h6-9,12H,2-5,15H2,1H3. The molecule has 88 valence electrons. The Labute approximate surface area is 102 Å². The van der Waals surface area contributed by atoms with Crippen LogP contribution in [0.1, 0.15) is 32.6 Å². The minimum Gasteiger partial charge on any atom is -0.488 e. The second kappa shape index (κ2) is 4.96. The van der Waals surface area contributed by atoms with Crippen LogP contribution >= 0.6 is 11.6 Å². The largest absolute Gasteiger partial charge is 0.488 e. The molecule has 0 amide bonds. The summed E-state index contributed by atoms with van der Waals surface area (Å²) >= 11 is 5.85. The van der Waals surface area contributed by atoms with Crippen molar-refractivity contribution in [1.29, 1.82) is 0 Å². The Morgan fingerprint density at radius 1 is 1.31 bits per heavy atom. The number of halogens is 1. The van der Waals surface area contributed by atoms with Crippen molar-refractivity contribution in [3.05, 3.63) is 23.2 Å². The molecule has 1 aliphatic rings. The van der Waals surface area contributed by atoms with E-state index in [2.05, 4.69) is 6.92 Å². The van der Waals surface area contributed by atoms with E-state index in [1.807, 2.05) is 12.1 Å². The van der Waals surface area contributed by atoms with E-state index in [-0.39, 0.29) is 0 Å². The highest BCUT2D eigenvalue weighted by atomic mass is 35.5. The molecule has 2 N–H and O–H groups in total. The Bertz CT molecular complexity index is 367. The van der Waals surface area contributed by atoms with Gasteiger partial charge < -0.3 is 10.5 Å². The molecule has 1 fully saturated rings. The van der Waals surface area contributed by atoms with Crippen molar-refractivity contribution in [2.75, 3.05) is 5.73 Å². The molecule has 16 heavy (non-hydrogen) atoms. The number of anilines is 1. The molecule has 0 heterocycles. The van der Waals surface area contributed by atoms with Crippen molar-refractivity contribution in [3.8, 4) is 5.75 Å². The van der Waals surface area contributed by atoms with Crippen LogP contribution in [0.4, 0.5) is 5.69 Å². The fraction of sp³-hybridized carbons (Fsp3) is 0.538. The van der Waals surface area contributed by atoms with E-state index in [4.69, 9.17) is 22.1 Å². The third kappa shape index (κ3) is 2.62. The highest BCUT2D eigenvalue weighted by molar-refractivity contribution is 6.30. The minimum absolute atomic E-state index is 0.303. The number of hydrogen-bond acceptors (Lipinski definition) is 2. The molecule has 0 radical (unpaired) electrons. The first-order valence-corrected chi connectivity index (χ1v) is 6.26.